The summed E-state index contributed by atoms with van der Waals surface area (Å²) in [4.78, 5) is 27.9. The summed E-state index contributed by atoms with van der Waals surface area (Å²) < 4.78 is 0. The number of amides is 1. The van der Waals surface area contributed by atoms with Crippen LogP contribution in [0.3, 0.4) is 0 Å². The Morgan fingerprint density at radius 1 is 1.13 bits per heavy atom. The number of benzene rings is 1. The zero-order valence-electron chi connectivity index (χ0n) is 17.9. The van der Waals surface area contributed by atoms with E-state index in [-0.39, 0.29) is 11.8 Å². The van der Waals surface area contributed by atoms with E-state index >= 15 is 0 Å². The highest BCUT2D eigenvalue weighted by Gasteiger charge is 2.19. The van der Waals surface area contributed by atoms with Gasteiger partial charge in [-0.15, -0.1) is 11.3 Å². The Hall–Kier alpha value is -2.86. The topological polar surface area (TPSA) is 58.5 Å². The van der Waals surface area contributed by atoms with Crippen molar-refractivity contribution >= 4 is 34.4 Å². The van der Waals surface area contributed by atoms with Crippen molar-refractivity contribution in [2.24, 2.45) is 10.9 Å². The summed E-state index contributed by atoms with van der Waals surface area (Å²) in [5.74, 6) is 1.15. The molecule has 0 aliphatic carbocycles. The molecule has 0 aliphatic rings. The maximum Gasteiger partial charge on any atom is 0.229 e. The second-order valence-electron chi connectivity index (χ2n) is 7.63. The monoisotopic (exact) mass is 420 g/mol. The number of nitrogens with zero attached hydrogens (tertiary/aromatic N) is 4. The summed E-state index contributed by atoms with van der Waals surface area (Å²) in [7, 11) is 0. The number of anilines is 1. The molecule has 3 rings (SSSR count). The van der Waals surface area contributed by atoms with Crippen molar-refractivity contribution in [3.63, 3.8) is 0 Å². The van der Waals surface area contributed by atoms with Gasteiger partial charge in [0.15, 0.2) is 10.9 Å². The Balaban J connectivity index is 1.66. The molecule has 0 N–H and O–H groups in total. The second-order valence-corrected chi connectivity index (χ2v) is 8.47. The maximum atomic E-state index is 12.5. The third kappa shape index (κ3) is 5.60. The third-order valence-electron chi connectivity index (χ3n) is 4.69. The van der Waals surface area contributed by atoms with Gasteiger partial charge in [0.05, 0.1) is 5.69 Å². The first-order chi connectivity index (χ1) is 14.5. The number of rotatable bonds is 8. The fraction of sp³-hybridized carbons (Fsp3) is 0.333. The molecule has 0 bridgehead atoms. The van der Waals surface area contributed by atoms with Gasteiger partial charge < -0.3 is 0 Å². The molecule has 6 heteroatoms. The van der Waals surface area contributed by atoms with Gasteiger partial charge in [-0.2, -0.15) is 0 Å². The molecule has 0 spiro atoms. The molecule has 2 heterocycles. The van der Waals surface area contributed by atoms with Crippen LogP contribution in [-0.4, -0.2) is 28.6 Å². The van der Waals surface area contributed by atoms with Gasteiger partial charge in [-0.3, -0.25) is 9.69 Å². The van der Waals surface area contributed by atoms with Crippen molar-refractivity contribution in [3.05, 3.63) is 59.7 Å². The molecule has 1 unspecified atom stereocenters. The van der Waals surface area contributed by atoms with Crippen LogP contribution in [0.2, 0.25) is 0 Å². The molecule has 0 fully saturated rings. The predicted octanol–water partition coefficient (Wildman–Crippen LogP) is 6.11. The van der Waals surface area contributed by atoms with Gasteiger partial charge in [0.1, 0.15) is 0 Å². The number of hydrogen-bond acceptors (Lipinski definition) is 5. The molecule has 156 valence electrons. The van der Waals surface area contributed by atoms with Crippen molar-refractivity contribution < 1.29 is 4.79 Å². The van der Waals surface area contributed by atoms with Crippen LogP contribution in [0.5, 0.6) is 0 Å². The number of carbonyl (C=O) groups is 1. The van der Waals surface area contributed by atoms with E-state index < -0.39 is 0 Å². The average molecular weight is 421 g/mol. The molecule has 2 aromatic heterocycles. The number of aromatic nitrogens is 2. The first kappa shape index (κ1) is 21.8. The van der Waals surface area contributed by atoms with Gasteiger partial charge in [-0.1, -0.05) is 51.1 Å². The van der Waals surface area contributed by atoms with Gasteiger partial charge in [0, 0.05) is 42.2 Å². The first-order valence-electron chi connectivity index (χ1n) is 10.3. The molecular formula is C24H28N4OS. The summed E-state index contributed by atoms with van der Waals surface area (Å²) in [6.45, 7) is 8.76. The highest BCUT2D eigenvalue weighted by atomic mass is 32.1. The van der Waals surface area contributed by atoms with Crippen LogP contribution >= 0.6 is 11.3 Å². The summed E-state index contributed by atoms with van der Waals surface area (Å²) >= 11 is 1.50. The largest absolute Gasteiger partial charge is 0.288 e. The number of carbonyl (C=O) groups excluding carboxylic acids is 1. The summed E-state index contributed by atoms with van der Waals surface area (Å²) in [6, 6.07) is 14.1. The lowest BCUT2D eigenvalue weighted by atomic mass is 10.1. The molecule has 1 aromatic carbocycles. The zero-order valence-corrected chi connectivity index (χ0v) is 18.8. The van der Waals surface area contributed by atoms with Crippen molar-refractivity contribution in [1.82, 2.24) is 9.97 Å². The highest BCUT2D eigenvalue weighted by molar-refractivity contribution is 7.14. The predicted molar refractivity (Wildman–Crippen MR) is 126 cm³/mol. The van der Waals surface area contributed by atoms with E-state index in [1.807, 2.05) is 62.0 Å². The molecule has 5 nitrogen and oxygen atoms in total. The second kappa shape index (κ2) is 10.3. The van der Waals surface area contributed by atoms with Crippen LogP contribution in [-0.2, 0) is 4.79 Å². The summed E-state index contributed by atoms with van der Waals surface area (Å²) in [5, 5.41) is 2.76. The van der Waals surface area contributed by atoms with Crippen molar-refractivity contribution in [2.45, 2.75) is 40.0 Å². The average Bonchev–Trinajstić information content (AvgIpc) is 3.23. The van der Waals surface area contributed by atoms with Crippen LogP contribution in [0.1, 0.15) is 45.7 Å². The maximum absolute atomic E-state index is 12.5. The van der Waals surface area contributed by atoms with E-state index in [0.29, 0.717) is 24.7 Å². The lowest BCUT2D eigenvalue weighted by Gasteiger charge is -2.18. The third-order valence-corrected chi connectivity index (χ3v) is 5.57. The molecule has 3 aromatic rings. The van der Waals surface area contributed by atoms with Crippen LogP contribution in [0.4, 0.5) is 10.9 Å². The molecule has 0 aliphatic heterocycles. The smallest absolute Gasteiger partial charge is 0.229 e. The van der Waals surface area contributed by atoms with Gasteiger partial charge >= 0.3 is 0 Å². The fourth-order valence-corrected chi connectivity index (χ4v) is 4.03. The number of aliphatic imine (C=N–C) groups is 1. The summed E-state index contributed by atoms with van der Waals surface area (Å²) in [5.41, 5.74) is 3.12. The molecule has 1 amide bonds. The number of pyridine rings is 1. The van der Waals surface area contributed by atoms with E-state index in [2.05, 4.69) is 40.9 Å². The van der Waals surface area contributed by atoms with Gasteiger partial charge in [0.25, 0.3) is 0 Å². The van der Waals surface area contributed by atoms with E-state index in [4.69, 9.17) is 0 Å². The minimum atomic E-state index is 0.0320. The van der Waals surface area contributed by atoms with E-state index in [1.165, 1.54) is 11.3 Å². The minimum Gasteiger partial charge on any atom is -0.288 e. The van der Waals surface area contributed by atoms with Crippen molar-refractivity contribution in [1.29, 1.82) is 0 Å². The van der Waals surface area contributed by atoms with Crippen LogP contribution in [0.15, 0.2) is 59.0 Å². The zero-order chi connectivity index (χ0) is 21.5. The standard InChI is InChI=1S/C24H28N4OS/c1-5-28(23(29)13-17(2)3)24-27-21(16-30-24)18(4)14-25-22-12-11-20(15-26-22)19-9-7-6-8-10-19/h6-12,14-18H,5,13H2,1-4H3. The van der Waals surface area contributed by atoms with Gasteiger partial charge in [-0.05, 0) is 30.5 Å². The lowest BCUT2D eigenvalue weighted by molar-refractivity contribution is -0.119. The Bertz CT molecular complexity index is 980. The molecule has 30 heavy (non-hydrogen) atoms. The van der Waals surface area contributed by atoms with Gasteiger partial charge in [0.2, 0.25) is 5.91 Å². The SMILES string of the molecule is CCN(C(=O)CC(C)C)c1nc(C(C)C=Nc2ccc(-c3ccccc3)cn2)cs1. The number of thiazole rings is 1. The molecule has 0 radical (unpaired) electrons. The summed E-state index contributed by atoms with van der Waals surface area (Å²) in [6.07, 6.45) is 4.23. The quantitative estimate of drug-likeness (QED) is 0.413. The highest BCUT2D eigenvalue weighted by Crippen LogP contribution is 2.26. The van der Waals surface area contributed by atoms with E-state index in [9.17, 15) is 4.79 Å². The van der Waals surface area contributed by atoms with Gasteiger partial charge in [-0.25, -0.2) is 15.0 Å². The minimum absolute atomic E-state index is 0.0320. The van der Waals surface area contributed by atoms with E-state index in [1.54, 1.807) is 4.90 Å². The fourth-order valence-electron chi connectivity index (χ4n) is 3.02. The molecular weight excluding hydrogens is 392 g/mol. The normalized spacial score (nSPS) is 12.4. The van der Waals surface area contributed by atoms with Crippen LogP contribution < -0.4 is 4.90 Å². The Kier molecular flexibility index (Phi) is 7.46. The lowest BCUT2D eigenvalue weighted by Crippen LogP contribution is -2.31. The Morgan fingerprint density at radius 2 is 1.90 bits per heavy atom. The Morgan fingerprint density at radius 3 is 2.53 bits per heavy atom. The Labute approximate surface area is 182 Å². The molecule has 0 saturated carbocycles. The van der Waals surface area contributed by atoms with Crippen molar-refractivity contribution in [2.75, 3.05) is 11.4 Å². The van der Waals surface area contributed by atoms with Crippen molar-refractivity contribution in [3.8, 4) is 11.1 Å². The van der Waals surface area contributed by atoms with E-state index in [0.717, 1.165) is 22.0 Å². The first-order valence-corrected chi connectivity index (χ1v) is 11.2. The number of hydrogen-bond donors (Lipinski definition) is 0. The molecule has 0 saturated heterocycles. The van der Waals surface area contributed by atoms with Crippen LogP contribution in [0, 0.1) is 5.92 Å². The molecule has 1 atom stereocenters. The van der Waals surface area contributed by atoms with Crippen LogP contribution in [0.25, 0.3) is 11.1 Å².